The van der Waals surface area contributed by atoms with Gasteiger partial charge in [0.2, 0.25) is 0 Å². The third kappa shape index (κ3) is 6.80. The van der Waals surface area contributed by atoms with Crippen molar-refractivity contribution in [3.8, 4) is 0 Å². The maximum Gasteiger partial charge on any atom is 0.129 e. The molecule has 0 saturated carbocycles. The molecule has 10 heteroatoms. The zero-order chi connectivity index (χ0) is 28.8. The van der Waals surface area contributed by atoms with Crippen molar-refractivity contribution in [3.05, 3.63) is 81.9 Å². The highest BCUT2D eigenvalue weighted by atomic mass is 19.1. The molecule has 0 fully saturated rings. The summed E-state index contributed by atoms with van der Waals surface area (Å²) in [6.45, 7) is 3.62. The Bertz CT molecular complexity index is 1080. The monoisotopic (exact) mass is 544 g/mol. The fourth-order valence-corrected chi connectivity index (χ4v) is 4.73. The summed E-state index contributed by atoms with van der Waals surface area (Å²) in [5, 5.41) is 64.8. The quantitative estimate of drug-likeness (QED) is 0.170. The van der Waals surface area contributed by atoms with E-state index in [1.807, 2.05) is 0 Å². The first-order valence-corrected chi connectivity index (χ1v) is 12.4. The Hall–Kier alpha value is -2.34. The third-order valence-electron chi connectivity index (χ3n) is 6.86. The molecule has 212 valence electrons. The number of aliphatic hydroxyl groups is 6. The molecule has 5 atom stereocenters. The molecule has 0 spiro atoms. The summed E-state index contributed by atoms with van der Waals surface area (Å²) in [7, 11) is 0. The molecule has 6 N–H and O–H groups in total. The van der Waals surface area contributed by atoms with Crippen molar-refractivity contribution in [3.63, 3.8) is 0 Å². The molecule has 0 heterocycles. The number of halogens is 4. The molecule has 2 aromatic rings. The van der Waals surface area contributed by atoms with E-state index < -0.39 is 72.2 Å². The number of allylic oxidation sites excluding steroid dienone is 1. The van der Waals surface area contributed by atoms with Gasteiger partial charge in [-0.15, -0.1) is 0 Å². The van der Waals surface area contributed by atoms with E-state index in [1.54, 1.807) is 13.8 Å². The zero-order valence-electron chi connectivity index (χ0n) is 21.6. The lowest BCUT2D eigenvalue weighted by molar-refractivity contribution is -0.228. The van der Waals surface area contributed by atoms with Crippen LogP contribution in [0.15, 0.2) is 36.4 Å². The van der Waals surface area contributed by atoms with E-state index in [2.05, 4.69) is 0 Å². The molecule has 0 bridgehead atoms. The Kier molecular flexibility index (Phi) is 11.0. The lowest BCUT2D eigenvalue weighted by Gasteiger charge is -2.46. The Morgan fingerprint density at radius 1 is 0.789 bits per heavy atom. The van der Waals surface area contributed by atoms with Gasteiger partial charge in [-0.1, -0.05) is 26.0 Å². The second-order valence-corrected chi connectivity index (χ2v) is 9.60. The van der Waals surface area contributed by atoms with Crippen molar-refractivity contribution in [2.75, 3.05) is 6.61 Å². The molecule has 1 unspecified atom stereocenters. The highest BCUT2D eigenvalue weighted by molar-refractivity contribution is 5.31. The Morgan fingerprint density at radius 3 is 1.58 bits per heavy atom. The predicted molar refractivity (Wildman–Crippen MR) is 133 cm³/mol. The summed E-state index contributed by atoms with van der Waals surface area (Å²) in [5.41, 5.74) is -5.98. The SMILES string of the molecule is C/C=C/CC(O)(Cc1cc(F)c(CC)c(F)c1)[C@@H](O)[C@@](O)(Cc1cc(F)c(CC)c(F)c1)[C@H](O)[C@@H](O)CO. The fraction of sp³-hybridized carbons (Fsp3) is 0.500. The minimum Gasteiger partial charge on any atom is -0.394 e. The molecule has 2 aromatic carbocycles. The van der Waals surface area contributed by atoms with Gasteiger partial charge in [-0.3, -0.25) is 0 Å². The number of rotatable bonds is 13. The van der Waals surface area contributed by atoms with E-state index in [0.717, 1.165) is 24.3 Å². The van der Waals surface area contributed by atoms with E-state index in [9.17, 15) is 48.2 Å². The first-order chi connectivity index (χ1) is 17.8. The van der Waals surface area contributed by atoms with Crippen LogP contribution in [0.5, 0.6) is 0 Å². The van der Waals surface area contributed by atoms with Crippen molar-refractivity contribution in [1.29, 1.82) is 0 Å². The maximum absolute atomic E-state index is 14.5. The number of aliphatic hydroxyl groups excluding tert-OH is 4. The summed E-state index contributed by atoms with van der Waals surface area (Å²) >= 11 is 0. The van der Waals surface area contributed by atoms with Crippen LogP contribution in [0, 0.1) is 23.3 Å². The second kappa shape index (κ2) is 13.1. The summed E-state index contributed by atoms with van der Waals surface area (Å²) < 4.78 is 57.9. The third-order valence-corrected chi connectivity index (χ3v) is 6.86. The molecular formula is C28H36F4O6. The lowest BCUT2D eigenvalue weighted by Crippen LogP contribution is -2.66. The van der Waals surface area contributed by atoms with Gasteiger partial charge in [-0.05, 0) is 61.6 Å². The molecule has 0 aliphatic heterocycles. The van der Waals surface area contributed by atoms with Gasteiger partial charge in [0.15, 0.2) is 0 Å². The van der Waals surface area contributed by atoms with Crippen molar-refractivity contribution in [2.24, 2.45) is 0 Å². The molecule has 0 aromatic heterocycles. The van der Waals surface area contributed by atoms with Gasteiger partial charge in [0.25, 0.3) is 0 Å². The van der Waals surface area contributed by atoms with E-state index in [-0.39, 0.29) is 41.5 Å². The predicted octanol–water partition coefficient (Wildman–Crippen LogP) is 2.66. The van der Waals surface area contributed by atoms with Gasteiger partial charge in [0, 0.05) is 24.0 Å². The van der Waals surface area contributed by atoms with Gasteiger partial charge in [0.05, 0.1) is 6.61 Å². The number of hydrogen-bond acceptors (Lipinski definition) is 6. The molecular weight excluding hydrogens is 508 g/mol. The van der Waals surface area contributed by atoms with E-state index in [4.69, 9.17) is 0 Å². The number of benzene rings is 2. The van der Waals surface area contributed by atoms with Crippen LogP contribution in [0.25, 0.3) is 0 Å². The van der Waals surface area contributed by atoms with Gasteiger partial charge >= 0.3 is 0 Å². The Morgan fingerprint density at radius 2 is 1.21 bits per heavy atom. The van der Waals surface area contributed by atoms with Gasteiger partial charge in [0.1, 0.15) is 52.8 Å². The van der Waals surface area contributed by atoms with E-state index in [1.165, 1.54) is 19.1 Å². The lowest BCUT2D eigenvalue weighted by atomic mass is 9.71. The van der Waals surface area contributed by atoms with Gasteiger partial charge < -0.3 is 30.6 Å². The Balaban J connectivity index is 2.63. The molecule has 0 radical (unpaired) electrons. The van der Waals surface area contributed by atoms with Crippen LogP contribution in [0.3, 0.4) is 0 Å². The summed E-state index contributed by atoms with van der Waals surface area (Å²) in [4.78, 5) is 0. The van der Waals surface area contributed by atoms with Crippen LogP contribution in [0.2, 0.25) is 0 Å². The summed E-state index contributed by atoms with van der Waals surface area (Å²) in [6.07, 6.45) is -5.54. The van der Waals surface area contributed by atoms with Crippen LogP contribution in [-0.2, 0) is 25.7 Å². The molecule has 0 aliphatic rings. The molecule has 0 aliphatic carbocycles. The molecule has 38 heavy (non-hydrogen) atoms. The first kappa shape index (κ1) is 31.9. The van der Waals surface area contributed by atoms with Crippen LogP contribution in [0.4, 0.5) is 17.6 Å². The van der Waals surface area contributed by atoms with Gasteiger partial charge in [-0.2, -0.15) is 0 Å². The van der Waals surface area contributed by atoms with Crippen molar-refractivity contribution in [1.82, 2.24) is 0 Å². The van der Waals surface area contributed by atoms with Crippen molar-refractivity contribution < 1.29 is 48.2 Å². The molecule has 2 rings (SSSR count). The van der Waals surface area contributed by atoms with Crippen LogP contribution in [-0.4, -0.2) is 66.8 Å². The minimum absolute atomic E-state index is 0.0315. The average Bonchev–Trinajstić information content (AvgIpc) is 2.85. The molecule has 6 nitrogen and oxygen atoms in total. The van der Waals surface area contributed by atoms with Crippen molar-refractivity contribution >= 4 is 0 Å². The highest BCUT2D eigenvalue weighted by Gasteiger charge is 2.54. The maximum atomic E-state index is 14.5. The fourth-order valence-electron chi connectivity index (χ4n) is 4.73. The second-order valence-electron chi connectivity index (χ2n) is 9.60. The average molecular weight is 545 g/mol. The highest BCUT2D eigenvalue weighted by Crippen LogP contribution is 2.36. The number of hydrogen-bond donors (Lipinski definition) is 6. The van der Waals surface area contributed by atoms with E-state index >= 15 is 0 Å². The largest absolute Gasteiger partial charge is 0.394 e. The topological polar surface area (TPSA) is 121 Å². The van der Waals surface area contributed by atoms with Gasteiger partial charge in [-0.25, -0.2) is 17.6 Å². The smallest absolute Gasteiger partial charge is 0.129 e. The zero-order valence-corrected chi connectivity index (χ0v) is 21.6. The van der Waals surface area contributed by atoms with Crippen LogP contribution < -0.4 is 0 Å². The van der Waals surface area contributed by atoms with E-state index in [0.29, 0.717) is 0 Å². The minimum atomic E-state index is -2.88. The first-order valence-electron chi connectivity index (χ1n) is 12.4. The Labute approximate surface area is 219 Å². The van der Waals surface area contributed by atoms with Crippen LogP contribution in [0.1, 0.15) is 49.4 Å². The summed E-state index contributed by atoms with van der Waals surface area (Å²) in [6, 6.07) is 3.72. The standard InChI is InChI=1S/C28H36F4O6/c1-4-7-8-27(37,13-16-9-20(29)18(5-2)21(30)10-16)26(36)28(38,25(35)24(34)15-33)14-17-11-22(31)19(6-3)23(32)12-17/h4,7,9-12,24-26,33-38H,5-6,8,13-15H2,1-3H3/b7-4+/t24-,25+,26+,27?,28+/m0/s1. The molecule has 0 amide bonds. The van der Waals surface area contributed by atoms with Crippen LogP contribution >= 0.6 is 0 Å². The normalized spacial score (nSPS) is 17.7. The molecule has 0 saturated heterocycles. The summed E-state index contributed by atoms with van der Waals surface area (Å²) in [5.74, 6) is -3.64. The van der Waals surface area contributed by atoms with Crippen molar-refractivity contribution in [2.45, 2.75) is 82.4 Å².